The highest BCUT2D eigenvalue weighted by molar-refractivity contribution is 14.1. The first-order chi connectivity index (χ1) is 10.4. The van der Waals surface area contributed by atoms with Gasteiger partial charge in [-0.1, -0.05) is 0 Å². The summed E-state index contributed by atoms with van der Waals surface area (Å²) in [6.45, 7) is 0. The molecule has 0 atom stereocenters. The second-order valence-electron chi connectivity index (χ2n) is 5.50. The number of anilines is 1. The fraction of sp³-hybridized carbons (Fsp3) is 0.250. The number of rotatable bonds is 1. The molecule has 0 amide bonds. The predicted octanol–water partition coefficient (Wildman–Crippen LogP) is 0.712. The Morgan fingerprint density at radius 1 is 1.04 bits per heavy atom. The van der Waals surface area contributed by atoms with Crippen LogP contribution in [0.25, 0.3) is 20.8 Å². The molecule has 23 heavy (non-hydrogen) atoms. The normalized spacial score (nSPS) is 10.7. The van der Waals surface area contributed by atoms with E-state index in [1.54, 1.807) is 0 Å². The summed E-state index contributed by atoms with van der Waals surface area (Å²) >= 11 is 6.71. The van der Waals surface area contributed by atoms with Gasteiger partial charge in [0.25, 0.3) is 0 Å². The Bertz CT molecular complexity index is 917. The summed E-state index contributed by atoms with van der Waals surface area (Å²) in [6, 6.07) is 8.54. The molecule has 0 unspecified atom stereocenters. The van der Waals surface area contributed by atoms with Crippen molar-refractivity contribution in [2.24, 2.45) is 0 Å². The van der Waals surface area contributed by atoms with Crippen LogP contribution in [0.15, 0.2) is 24.3 Å². The van der Waals surface area contributed by atoms with Gasteiger partial charge in [-0.05, 0) is 63.4 Å². The molecule has 7 heteroatoms. The Kier molecular flexibility index (Phi) is 6.13. The summed E-state index contributed by atoms with van der Waals surface area (Å²) in [5.74, 6) is 0. The first-order valence-corrected chi connectivity index (χ1v) is 9.76. The molecule has 0 radical (unpaired) electrons. The minimum atomic E-state index is 0. The summed E-state index contributed by atoms with van der Waals surface area (Å²) in [5, 5.41) is 1.24. The molecule has 1 heterocycles. The molecule has 1 aromatic carbocycles. The minimum Gasteiger partial charge on any atom is -1.00 e. The summed E-state index contributed by atoms with van der Waals surface area (Å²) in [6.07, 6.45) is 0. The summed E-state index contributed by atoms with van der Waals surface area (Å²) < 4.78 is 5.95. The Morgan fingerprint density at radius 3 is 2.35 bits per heavy atom. The third-order valence-electron chi connectivity index (χ3n) is 3.52. The van der Waals surface area contributed by atoms with E-state index in [1.807, 2.05) is 11.3 Å². The SMILES string of the molecule is CN(C)c1ccc2nc3ccc(=[N+](C)C)c([131I])c-3sc2c1[131I].[Cl-]. The third kappa shape index (κ3) is 3.45. The monoisotopic (exact) mass is 579 g/mol. The van der Waals surface area contributed by atoms with E-state index in [0.717, 1.165) is 11.2 Å². The van der Waals surface area contributed by atoms with Gasteiger partial charge in [-0.3, -0.25) is 0 Å². The molecular weight excluding hydrogens is 564 g/mol. The van der Waals surface area contributed by atoms with Crippen LogP contribution in [0.2, 0.25) is 0 Å². The first-order valence-electron chi connectivity index (χ1n) is 6.79. The van der Waals surface area contributed by atoms with Gasteiger partial charge in [0.15, 0.2) is 0 Å². The van der Waals surface area contributed by atoms with Gasteiger partial charge in [0.2, 0.25) is 5.36 Å². The van der Waals surface area contributed by atoms with Crippen LogP contribution in [0.4, 0.5) is 5.69 Å². The average Bonchev–Trinajstić information content (AvgIpc) is 2.46. The van der Waals surface area contributed by atoms with Crippen LogP contribution in [0.1, 0.15) is 0 Å². The molecule has 0 N–H and O–H groups in total. The van der Waals surface area contributed by atoms with Gasteiger partial charge in [-0.15, -0.1) is 11.3 Å². The van der Waals surface area contributed by atoms with E-state index in [0.29, 0.717) is 0 Å². The molecule has 0 spiro atoms. The van der Waals surface area contributed by atoms with E-state index < -0.39 is 0 Å². The number of hydrogen-bond acceptors (Lipinski definition) is 3. The molecule has 0 bridgehead atoms. The largest absolute Gasteiger partial charge is 1.00 e. The molecule has 0 aromatic heterocycles. The molecular formula is C16H16ClI2N3S. The maximum atomic E-state index is 4.86. The highest BCUT2D eigenvalue weighted by Crippen LogP contribution is 2.37. The van der Waals surface area contributed by atoms with Crippen LogP contribution in [0.3, 0.4) is 0 Å². The zero-order chi connectivity index (χ0) is 16.0. The molecule has 0 fully saturated rings. The molecule has 0 saturated heterocycles. The topological polar surface area (TPSA) is 19.1 Å². The Morgan fingerprint density at radius 2 is 1.74 bits per heavy atom. The second kappa shape index (κ2) is 7.37. The van der Waals surface area contributed by atoms with Crippen molar-refractivity contribution in [3.63, 3.8) is 0 Å². The number of benzene rings is 2. The van der Waals surface area contributed by atoms with Gasteiger partial charge >= 0.3 is 0 Å². The fourth-order valence-corrected chi connectivity index (χ4v) is 5.93. The van der Waals surface area contributed by atoms with Crippen LogP contribution < -0.4 is 27.2 Å². The molecule has 1 aliphatic carbocycles. The lowest BCUT2D eigenvalue weighted by atomic mass is 10.2. The van der Waals surface area contributed by atoms with Crippen molar-refractivity contribution >= 4 is 72.4 Å². The van der Waals surface area contributed by atoms with Crippen molar-refractivity contribution in [2.75, 3.05) is 33.1 Å². The van der Waals surface area contributed by atoms with Crippen molar-refractivity contribution in [3.05, 3.63) is 36.8 Å². The predicted molar refractivity (Wildman–Crippen MR) is 113 cm³/mol. The Labute approximate surface area is 173 Å². The maximum absolute atomic E-state index is 4.86. The van der Waals surface area contributed by atoms with E-state index in [-0.39, 0.29) is 12.4 Å². The number of aromatic nitrogens is 1. The van der Waals surface area contributed by atoms with Gasteiger partial charge in [-0.25, -0.2) is 9.56 Å². The number of fused-ring (bicyclic) bond motifs is 2. The molecule has 3 nitrogen and oxygen atoms in total. The minimum absolute atomic E-state index is 0. The quantitative estimate of drug-likeness (QED) is 0.241. The lowest BCUT2D eigenvalue weighted by molar-refractivity contribution is -0.00000421. The van der Waals surface area contributed by atoms with Crippen molar-refractivity contribution < 1.29 is 12.4 Å². The highest BCUT2D eigenvalue weighted by Gasteiger charge is 2.17. The number of hydrogen-bond donors (Lipinski definition) is 0. The van der Waals surface area contributed by atoms with E-state index >= 15 is 0 Å². The van der Waals surface area contributed by atoms with E-state index in [4.69, 9.17) is 4.98 Å². The van der Waals surface area contributed by atoms with Crippen LogP contribution in [0.5, 0.6) is 0 Å². The van der Waals surface area contributed by atoms with Gasteiger partial charge in [0, 0.05) is 20.2 Å². The third-order valence-corrected chi connectivity index (χ3v) is 7.67. The van der Waals surface area contributed by atoms with Crippen LogP contribution >= 0.6 is 56.5 Å². The summed E-state index contributed by atoms with van der Waals surface area (Å²) in [4.78, 5) is 8.27. The molecule has 122 valence electrons. The van der Waals surface area contributed by atoms with E-state index in [2.05, 4.69) is 107 Å². The fourth-order valence-electron chi connectivity index (χ4n) is 2.36. The van der Waals surface area contributed by atoms with Crippen molar-refractivity contribution in [1.82, 2.24) is 9.56 Å². The molecule has 1 aliphatic heterocycles. The van der Waals surface area contributed by atoms with Crippen molar-refractivity contribution in [2.45, 2.75) is 0 Å². The molecule has 0 saturated carbocycles. The molecule has 2 aliphatic rings. The summed E-state index contributed by atoms with van der Waals surface area (Å²) in [5.41, 5.74) is 3.38. The maximum Gasteiger partial charge on any atom is 0.214 e. The standard InChI is InChI=1S/C16H16I2N3S.ClH/c1-20(2)11-7-5-9-15(13(11)17)22-16-10(19-9)6-8-12(14(16)18)21(3)4;/h5-8H,1-4H3;1H/q+1;/p-1/i17+4,18+4;. The van der Waals surface area contributed by atoms with E-state index in [1.165, 1.54) is 27.8 Å². The first kappa shape index (κ1) is 19.1. The smallest absolute Gasteiger partial charge is 0.214 e. The Balaban J connectivity index is 0.00000192. The highest BCUT2D eigenvalue weighted by atomic mass is 131. The zero-order valence-electron chi connectivity index (χ0n) is 13.2. The lowest BCUT2D eigenvalue weighted by Gasteiger charge is -2.16. The molecule has 3 rings (SSSR count). The lowest BCUT2D eigenvalue weighted by Crippen LogP contribution is -3.00. The van der Waals surface area contributed by atoms with E-state index in [9.17, 15) is 0 Å². The Hall–Kier alpha value is -0.190. The van der Waals surface area contributed by atoms with Crippen molar-refractivity contribution in [1.29, 1.82) is 0 Å². The van der Waals surface area contributed by atoms with Crippen LogP contribution in [-0.4, -0.2) is 33.2 Å². The zero-order valence-corrected chi connectivity index (χ0v) is 19.1. The number of halogens is 3. The van der Waals surface area contributed by atoms with Gasteiger partial charge in [0.05, 0.1) is 30.0 Å². The van der Waals surface area contributed by atoms with Crippen LogP contribution in [0, 0.1) is 7.14 Å². The average molecular weight is 580 g/mol. The van der Waals surface area contributed by atoms with Crippen LogP contribution in [-0.2, 0) is 0 Å². The van der Waals surface area contributed by atoms with Gasteiger partial charge in [0.1, 0.15) is 17.7 Å². The number of nitrogens with zero attached hydrogens (tertiary/aromatic N) is 3. The summed E-state index contributed by atoms with van der Waals surface area (Å²) in [7, 11) is 8.32. The van der Waals surface area contributed by atoms with Crippen molar-refractivity contribution in [3.8, 4) is 10.6 Å². The van der Waals surface area contributed by atoms with Gasteiger partial charge in [-0.2, -0.15) is 0 Å². The van der Waals surface area contributed by atoms with Gasteiger partial charge < -0.3 is 17.3 Å². The molecule has 1 aromatic rings. The second-order valence-corrected chi connectivity index (χ2v) is 8.67.